The first-order valence-electron chi connectivity index (χ1n) is 7.70. The van der Waals surface area contributed by atoms with Crippen LogP contribution in [0.5, 0.6) is 5.75 Å². The van der Waals surface area contributed by atoms with Gasteiger partial charge in [-0.15, -0.1) is 0 Å². The van der Waals surface area contributed by atoms with Crippen molar-refractivity contribution in [3.63, 3.8) is 0 Å². The van der Waals surface area contributed by atoms with E-state index in [1.54, 1.807) is 31.4 Å². The van der Waals surface area contributed by atoms with Gasteiger partial charge in [0.05, 0.1) is 25.5 Å². The molecule has 25 heavy (non-hydrogen) atoms. The Labute approximate surface area is 144 Å². The fourth-order valence-electron chi connectivity index (χ4n) is 2.34. The zero-order valence-corrected chi connectivity index (χ0v) is 13.7. The van der Waals surface area contributed by atoms with Crippen LogP contribution in [0.2, 0.25) is 0 Å². The minimum Gasteiger partial charge on any atom is -0.497 e. The van der Waals surface area contributed by atoms with E-state index in [0.717, 1.165) is 16.5 Å². The molecule has 0 aliphatic heterocycles. The molecule has 0 fully saturated rings. The fourth-order valence-corrected chi connectivity index (χ4v) is 2.34. The molecule has 2 aromatic carbocycles. The second kappa shape index (κ2) is 7.53. The van der Waals surface area contributed by atoms with Gasteiger partial charge in [-0.2, -0.15) is 0 Å². The van der Waals surface area contributed by atoms with Crippen LogP contribution in [0, 0.1) is 0 Å². The normalized spacial score (nSPS) is 10.4. The number of methoxy groups -OCH3 is 1. The Morgan fingerprint density at radius 3 is 2.64 bits per heavy atom. The number of furan rings is 1. The van der Waals surface area contributed by atoms with E-state index >= 15 is 0 Å². The van der Waals surface area contributed by atoms with Gasteiger partial charge >= 0.3 is 5.97 Å². The van der Waals surface area contributed by atoms with Gasteiger partial charge in [0, 0.05) is 0 Å². The number of carbonyl (C=O) groups is 2. The highest BCUT2D eigenvalue weighted by Crippen LogP contribution is 2.22. The number of hydrogen-bond acceptors (Lipinski definition) is 5. The number of carbonyl (C=O) groups excluding carboxylic acids is 2. The molecular weight excluding hydrogens is 322 g/mol. The van der Waals surface area contributed by atoms with Gasteiger partial charge in [-0.1, -0.05) is 12.1 Å². The van der Waals surface area contributed by atoms with Crippen LogP contribution in [0.1, 0.15) is 16.1 Å². The highest BCUT2D eigenvalue weighted by atomic mass is 16.5. The molecule has 0 radical (unpaired) electrons. The van der Waals surface area contributed by atoms with Gasteiger partial charge in [0.15, 0.2) is 6.61 Å². The lowest BCUT2D eigenvalue weighted by molar-refractivity contribution is -0.124. The second-order valence-electron chi connectivity index (χ2n) is 5.36. The van der Waals surface area contributed by atoms with Crippen LogP contribution < -0.4 is 10.1 Å². The summed E-state index contributed by atoms with van der Waals surface area (Å²) >= 11 is 0. The number of benzene rings is 2. The van der Waals surface area contributed by atoms with Crippen molar-refractivity contribution in [2.45, 2.75) is 6.54 Å². The van der Waals surface area contributed by atoms with E-state index in [0.29, 0.717) is 11.3 Å². The fraction of sp³-hybridized carbons (Fsp3) is 0.158. The first kappa shape index (κ1) is 16.6. The first-order valence-corrected chi connectivity index (χ1v) is 7.70. The van der Waals surface area contributed by atoms with Crippen molar-refractivity contribution in [2.75, 3.05) is 13.7 Å². The summed E-state index contributed by atoms with van der Waals surface area (Å²) < 4.78 is 15.3. The predicted octanol–water partition coefficient (Wildman–Crippen LogP) is 2.91. The molecule has 6 heteroatoms. The number of fused-ring (bicyclic) bond motifs is 1. The Bertz CT molecular complexity index is 886. The third-order valence-corrected chi connectivity index (χ3v) is 3.66. The van der Waals surface area contributed by atoms with Crippen molar-refractivity contribution in [2.24, 2.45) is 0 Å². The molecule has 3 rings (SSSR count). The van der Waals surface area contributed by atoms with E-state index in [9.17, 15) is 9.59 Å². The average Bonchev–Trinajstić information content (AvgIpc) is 3.17. The van der Waals surface area contributed by atoms with Crippen molar-refractivity contribution in [1.82, 2.24) is 5.32 Å². The molecule has 0 saturated carbocycles. The molecule has 0 aliphatic carbocycles. The van der Waals surface area contributed by atoms with E-state index in [2.05, 4.69) is 5.32 Å². The van der Waals surface area contributed by atoms with Crippen LogP contribution in [0.4, 0.5) is 0 Å². The first-order chi connectivity index (χ1) is 12.2. The molecule has 0 bridgehead atoms. The Morgan fingerprint density at radius 2 is 1.88 bits per heavy atom. The van der Waals surface area contributed by atoms with Crippen LogP contribution in [-0.4, -0.2) is 25.6 Å². The lowest BCUT2D eigenvalue weighted by Crippen LogP contribution is -2.28. The van der Waals surface area contributed by atoms with Crippen molar-refractivity contribution in [3.05, 3.63) is 66.1 Å². The molecule has 1 amide bonds. The van der Waals surface area contributed by atoms with E-state index in [1.807, 2.05) is 24.3 Å². The number of hydrogen-bond donors (Lipinski definition) is 1. The van der Waals surface area contributed by atoms with Crippen LogP contribution >= 0.6 is 0 Å². The molecule has 1 N–H and O–H groups in total. The molecule has 0 spiro atoms. The van der Waals surface area contributed by atoms with Crippen molar-refractivity contribution < 1.29 is 23.5 Å². The summed E-state index contributed by atoms with van der Waals surface area (Å²) in [5, 5.41) is 4.45. The van der Waals surface area contributed by atoms with Gasteiger partial charge in [0.2, 0.25) is 0 Å². The minimum absolute atomic E-state index is 0.251. The maximum atomic E-state index is 12.1. The summed E-state index contributed by atoms with van der Waals surface area (Å²) in [6, 6.07) is 14.2. The van der Waals surface area contributed by atoms with Gasteiger partial charge in [0.1, 0.15) is 11.5 Å². The maximum absolute atomic E-state index is 12.1. The Hall–Kier alpha value is -3.28. The zero-order chi connectivity index (χ0) is 17.6. The van der Waals surface area contributed by atoms with Gasteiger partial charge in [-0.3, -0.25) is 4.79 Å². The molecular formula is C19H17NO5. The third-order valence-electron chi connectivity index (χ3n) is 3.66. The lowest BCUT2D eigenvalue weighted by Gasteiger charge is -2.07. The van der Waals surface area contributed by atoms with Gasteiger partial charge < -0.3 is 19.2 Å². The molecule has 1 heterocycles. The Kier molecular flexibility index (Phi) is 4.99. The molecule has 1 aromatic heterocycles. The van der Waals surface area contributed by atoms with Gasteiger partial charge in [-0.25, -0.2) is 4.79 Å². The molecule has 0 saturated heterocycles. The highest BCUT2D eigenvalue weighted by molar-refractivity contribution is 5.96. The molecule has 3 aromatic rings. The molecule has 0 unspecified atom stereocenters. The summed E-state index contributed by atoms with van der Waals surface area (Å²) in [7, 11) is 1.60. The number of amides is 1. The van der Waals surface area contributed by atoms with Crippen LogP contribution in [0.3, 0.4) is 0 Å². The van der Waals surface area contributed by atoms with Crippen molar-refractivity contribution in [1.29, 1.82) is 0 Å². The summed E-state index contributed by atoms with van der Waals surface area (Å²) in [5.74, 6) is 0.432. The van der Waals surface area contributed by atoms with E-state index in [1.165, 1.54) is 6.26 Å². The molecule has 0 aliphatic rings. The summed E-state index contributed by atoms with van der Waals surface area (Å²) in [4.78, 5) is 23.8. The van der Waals surface area contributed by atoms with Crippen molar-refractivity contribution in [3.8, 4) is 5.75 Å². The molecule has 0 atom stereocenters. The summed E-state index contributed by atoms with van der Waals surface area (Å²) in [5.41, 5.74) is 0.386. The van der Waals surface area contributed by atoms with E-state index in [-0.39, 0.29) is 13.2 Å². The standard InChI is InChI=1S/C19H17NO5/c1-23-16-7-6-13-9-15(5-4-14(13)10-16)19(22)25-12-18(21)20-11-17-3-2-8-24-17/h2-10H,11-12H2,1H3,(H,20,21). The van der Waals surface area contributed by atoms with Gasteiger partial charge in [0.25, 0.3) is 5.91 Å². The van der Waals surface area contributed by atoms with Gasteiger partial charge in [-0.05, 0) is 47.2 Å². The lowest BCUT2D eigenvalue weighted by atomic mass is 10.1. The Morgan fingerprint density at radius 1 is 1.08 bits per heavy atom. The minimum atomic E-state index is -0.550. The smallest absolute Gasteiger partial charge is 0.338 e. The predicted molar refractivity (Wildman–Crippen MR) is 91.3 cm³/mol. The molecule has 128 valence electrons. The third kappa shape index (κ3) is 4.17. The number of rotatable bonds is 6. The number of nitrogens with one attached hydrogen (secondary N) is 1. The van der Waals surface area contributed by atoms with E-state index < -0.39 is 11.9 Å². The molecule has 6 nitrogen and oxygen atoms in total. The second-order valence-corrected chi connectivity index (χ2v) is 5.36. The highest BCUT2D eigenvalue weighted by Gasteiger charge is 2.11. The topological polar surface area (TPSA) is 77.8 Å². The monoisotopic (exact) mass is 339 g/mol. The quantitative estimate of drug-likeness (QED) is 0.699. The zero-order valence-electron chi connectivity index (χ0n) is 13.7. The van der Waals surface area contributed by atoms with Crippen LogP contribution in [0.15, 0.2) is 59.2 Å². The average molecular weight is 339 g/mol. The van der Waals surface area contributed by atoms with E-state index in [4.69, 9.17) is 13.9 Å². The largest absolute Gasteiger partial charge is 0.497 e. The maximum Gasteiger partial charge on any atom is 0.338 e. The SMILES string of the molecule is COc1ccc2cc(C(=O)OCC(=O)NCc3ccco3)ccc2c1. The van der Waals surface area contributed by atoms with Crippen molar-refractivity contribution >= 4 is 22.6 Å². The summed E-state index contributed by atoms with van der Waals surface area (Å²) in [6.07, 6.45) is 1.52. The number of ether oxygens (including phenoxy) is 2. The van der Waals surface area contributed by atoms with Crippen LogP contribution in [0.25, 0.3) is 10.8 Å². The number of esters is 1. The van der Waals surface area contributed by atoms with Crippen LogP contribution in [-0.2, 0) is 16.1 Å². The summed E-state index contributed by atoms with van der Waals surface area (Å²) in [6.45, 7) is -0.0959. The Balaban J connectivity index is 1.57.